The molecule has 3 rings (SSSR count). The van der Waals surface area contributed by atoms with E-state index in [1.165, 1.54) is 22.5 Å². The van der Waals surface area contributed by atoms with Crippen molar-refractivity contribution in [3.63, 3.8) is 0 Å². The van der Waals surface area contributed by atoms with E-state index in [1.54, 1.807) is 0 Å². The first kappa shape index (κ1) is 18.3. The molecule has 2 heterocycles. The van der Waals surface area contributed by atoms with Crippen molar-refractivity contribution < 1.29 is 17.6 Å². The molecule has 1 aromatic rings. The zero-order chi connectivity index (χ0) is 18.0. The number of nitrogens with one attached hydrogen (secondary N) is 1. The molecular weight excluding hydrogens is 345 g/mol. The van der Waals surface area contributed by atoms with Crippen molar-refractivity contribution in [3.05, 3.63) is 30.1 Å². The van der Waals surface area contributed by atoms with Crippen LogP contribution >= 0.6 is 0 Å². The van der Waals surface area contributed by atoms with Crippen molar-refractivity contribution in [2.75, 3.05) is 32.7 Å². The maximum absolute atomic E-state index is 13.9. The smallest absolute Gasteiger partial charge is 0.245 e. The largest absolute Gasteiger partial charge is 0.337 e. The number of piperazine rings is 1. The van der Waals surface area contributed by atoms with Crippen molar-refractivity contribution in [2.45, 2.75) is 30.7 Å². The molecule has 8 heteroatoms. The molecule has 1 amide bonds. The van der Waals surface area contributed by atoms with Crippen molar-refractivity contribution >= 4 is 15.9 Å². The first-order valence-electron chi connectivity index (χ1n) is 8.67. The van der Waals surface area contributed by atoms with Gasteiger partial charge in [-0.3, -0.25) is 4.79 Å². The number of halogens is 1. The number of sulfonamides is 1. The second-order valence-corrected chi connectivity index (χ2v) is 8.60. The molecule has 0 spiro atoms. The summed E-state index contributed by atoms with van der Waals surface area (Å²) in [5.74, 6) is -0.792. The Balaban J connectivity index is 1.65. The SMILES string of the molecule is CC1CNCCN1C(=O)C1CCN(S(=O)(=O)c2ccccc2F)CC1. The molecule has 6 nitrogen and oxygen atoms in total. The summed E-state index contributed by atoms with van der Waals surface area (Å²) in [5.41, 5.74) is 0. The number of nitrogens with zero attached hydrogens (tertiary/aromatic N) is 2. The van der Waals surface area contributed by atoms with Crippen LogP contribution in [-0.2, 0) is 14.8 Å². The number of hydrogen-bond acceptors (Lipinski definition) is 4. The van der Waals surface area contributed by atoms with Crippen LogP contribution in [0.15, 0.2) is 29.2 Å². The van der Waals surface area contributed by atoms with Crippen molar-refractivity contribution in [1.82, 2.24) is 14.5 Å². The second kappa shape index (κ2) is 7.39. The van der Waals surface area contributed by atoms with E-state index in [4.69, 9.17) is 0 Å². The Morgan fingerprint density at radius 1 is 1.20 bits per heavy atom. The van der Waals surface area contributed by atoms with Crippen LogP contribution in [0.3, 0.4) is 0 Å². The van der Waals surface area contributed by atoms with E-state index in [1.807, 2.05) is 11.8 Å². The summed E-state index contributed by atoms with van der Waals surface area (Å²) in [7, 11) is -3.85. The van der Waals surface area contributed by atoms with Crippen LogP contribution in [0.25, 0.3) is 0 Å². The molecule has 2 fully saturated rings. The molecule has 0 aliphatic carbocycles. The van der Waals surface area contributed by atoms with Crippen molar-refractivity contribution in [1.29, 1.82) is 0 Å². The third-order valence-electron chi connectivity index (χ3n) is 5.04. The number of rotatable bonds is 3. The zero-order valence-electron chi connectivity index (χ0n) is 14.3. The standard InChI is InChI=1S/C17H24FN3O3S/c1-13-12-19-8-11-21(13)17(22)14-6-9-20(10-7-14)25(23,24)16-5-3-2-4-15(16)18/h2-5,13-14,19H,6-12H2,1H3. The van der Waals surface area contributed by atoms with Gasteiger partial charge in [0.05, 0.1) is 0 Å². The van der Waals surface area contributed by atoms with Crippen LogP contribution in [0.2, 0.25) is 0 Å². The van der Waals surface area contributed by atoms with Crippen LogP contribution in [0, 0.1) is 11.7 Å². The van der Waals surface area contributed by atoms with E-state index in [2.05, 4.69) is 5.32 Å². The summed E-state index contributed by atoms with van der Waals surface area (Å²) in [4.78, 5) is 14.3. The van der Waals surface area contributed by atoms with E-state index in [0.29, 0.717) is 19.4 Å². The highest BCUT2D eigenvalue weighted by Gasteiger charge is 2.36. The fourth-order valence-electron chi connectivity index (χ4n) is 3.54. The summed E-state index contributed by atoms with van der Waals surface area (Å²) in [5, 5.41) is 3.26. The molecule has 25 heavy (non-hydrogen) atoms. The molecule has 0 aromatic heterocycles. The Kier molecular flexibility index (Phi) is 5.41. The third-order valence-corrected chi connectivity index (χ3v) is 6.97. The van der Waals surface area contributed by atoms with Crippen molar-refractivity contribution in [3.8, 4) is 0 Å². The zero-order valence-corrected chi connectivity index (χ0v) is 15.1. The van der Waals surface area contributed by atoms with Gasteiger partial charge in [0.1, 0.15) is 10.7 Å². The van der Waals surface area contributed by atoms with Gasteiger partial charge in [-0.1, -0.05) is 12.1 Å². The van der Waals surface area contributed by atoms with Gasteiger partial charge in [-0.05, 0) is 31.9 Å². The predicted octanol–water partition coefficient (Wildman–Crippen LogP) is 1.05. The van der Waals surface area contributed by atoms with E-state index >= 15 is 0 Å². The number of hydrogen-bond donors (Lipinski definition) is 1. The highest BCUT2D eigenvalue weighted by atomic mass is 32.2. The number of amides is 1. The minimum atomic E-state index is -3.85. The second-order valence-electron chi connectivity index (χ2n) is 6.69. The number of piperidine rings is 1. The van der Waals surface area contributed by atoms with Crippen molar-refractivity contribution in [2.24, 2.45) is 5.92 Å². The molecule has 0 radical (unpaired) electrons. The average molecular weight is 369 g/mol. The van der Waals surface area contributed by atoms with E-state index in [9.17, 15) is 17.6 Å². The van der Waals surface area contributed by atoms with Crippen LogP contribution in [0.4, 0.5) is 4.39 Å². The van der Waals surface area contributed by atoms with Crippen LogP contribution in [0.1, 0.15) is 19.8 Å². The molecular formula is C17H24FN3O3S. The van der Waals surface area contributed by atoms with Gasteiger partial charge in [-0.25, -0.2) is 12.8 Å². The summed E-state index contributed by atoms with van der Waals surface area (Å²) < 4.78 is 40.4. The van der Waals surface area contributed by atoms with E-state index < -0.39 is 15.8 Å². The third kappa shape index (κ3) is 3.70. The lowest BCUT2D eigenvalue weighted by Crippen LogP contribution is -2.55. The molecule has 1 aromatic carbocycles. The molecule has 2 saturated heterocycles. The highest BCUT2D eigenvalue weighted by Crippen LogP contribution is 2.27. The molecule has 1 unspecified atom stereocenters. The Labute approximate surface area is 148 Å². The predicted molar refractivity (Wildman–Crippen MR) is 91.9 cm³/mol. The Morgan fingerprint density at radius 3 is 2.52 bits per heavy atom. The summed E-state index contributed by atoms with van der Waals surface area (Å²) in [6.45, 7) is 4.76. The van der Waals surface area contributed by atoms with Gasteiger partial charge < -0.3 is 10.2 Å². The van der Waals surface area contributed by atoms with Crippen LogP contribution < -0.4 is 5.32 Å². The van der Waals surface area contributed by atoms with Gasteiger partial charge in [0.25, 0.3) is 0 Å². The lowest BCUT2D eigenvalue weighted by atomic mass is 9.95. The summed E-state index contributed by atoms with van der Waals surface area (Å²) >= 11 is 0. The minimum absolute atomic E-state index is 0.108. The van der Waals surface area contributed by atoms with Gasteiger partial charge in [0.15, 0.2) is 0 Å². The Morgan fingerprint density at radius 2 is 1.88 bits per heavy atom. The number of carbonyl (C=O) groups is 1. The molecule has 2 aliphatic rings. The minimum Gasteiger partial charge on any atom is -0.337 e. The van der Waals surface area contributed by atoms with Gasteiger partial charge in [-0.15, -0.1) is 0 Å². The highest BCUT2D eigenvalue weighted by molar-refractivity contribution is 7.89. The van der Waals surface area contributed by atoms with Gasteiger partial charge in [0.2, 0.25) is 15.9 Å². The fourth-order valence-corrected chi connectivity index (χ4v) is 5.07. The van der Waals surface area contributed by atoms with E-state index in [0.717, 1.165) is 19.2 Å². The molecule has 138 valence electrons. The van der Waals surface area contributed by atoms with Crippen LogP contribution in [-0.4, -0.2) is 62.3 Å². The number of benzene rings is 1. The average Bonchev–Trinajstić information content (AvgIpc) is 2.62. The molecule has 2 aliphatic heterocycles. The van der Waals surface area contributed by atoms with Gasteiger partial charge in [0, 0.05) is 44.7 Å². The Bertz CT molecular complexity index is 732. The quantitative estimate of drug-likeness (QED) is 0.865. The topological polar surface area (TPSA) is 69.7 Å². The molecule has 1 atom stereocenters. The Hall–Kier alpha value is -1.51. The fraction of sp³-hybridized carbons (Fsp3) is 0.588. The maximum Gasteiger partial charge on any atom is 0.245 e. The summed E-state index contributed by atoms with van der Waals surface area (Å²) in [6.07, 6.45) is 0.951. The first-order valence-corrected chi connectivity index (χ1v) is 10.1. The first-order chi connectivity index (χ1) is 11.9. The lowest BCUT2D eigenvalue weighted by molar-refractivity contribution is -0.139. The maximum atomic E-state index is 13.9. The van der Waals surface area contributed by atoms with Crippen LogP contribution in [0.5, 0.6) is 0 Å². The molecule has 1 N–H and O–H groups in total. The van der Waals surface area contributed by atoms with E-state index in [-0.39, 0.29) is 35.9 Å². The molecule has 0 saturated carbocycles. The number of carbonyl (C=O) groups excluding carboxylic acids is 1. The summed E-state index contributed by atoms with van der Waals surface area (Å²) in [6, 6.07) is 5.56. The molecule has 0 bridgehead atoms. The van der Waals surface area contributed by atoms with Gasteiger partial charge in [-0.2, -0.15) is 4.31 Å². The lowest BCUT2D eigenvalue weighted by Gasteiger charge is -2.38. The normalized spacial score (nSPS) is 23.6. The van der Waals surface area contributed by atoms with Gasteiger partial charge >= 0.3 is 0 Å². The monoisotopic (exact) mass is 369 g/mol.